The van der Waals surface area contributed by atoms with Gasteiger partial charge in [-0.15, -0.1) is 0 Å². The molecule has 0 fully saturated rings. The van der Waals surface area contributed by atoms with Gasteiger partial charge in [0, 0.05) is 22.9 Å². The van der Waals surface area contributed by atoms with Crippen molar-refractivity contribution in [3.05, 3.63) is 101 Å². The van der Waals surface area contributed by atoms with E-state index < -0.39 is 11.6 Å². The van der Waals surface area contributed by atoms with Gasteiger partial charge in [-0.05, 0) is 71.6 Å². The molecule has 0 saturated carbocycles. The number of fused-ring (bicyclic) bond motifs is 1. The largest absolute Gasteiger partial charge is 0.256 e. The van der Waals surface area contributed by atoms with E-state index in [4.69, 9.17) is 0 Å². The molecule has 1 nitrogen and oxygen atoms in total. The van der Waals surface area contributed by atoms with Crippen molar-refractivity contribution < 1.29 is 8.78 Å². The first-order valence-corrected chi connectivity index (χ1v) is 10.1. The summed E-state index contributed by atoms with van der Waals surface area (Å²) in [5.41, 5.74) is 4.89. The van der Waals surface area contributed by atoms with Crippen LogP contribution in [0, 0.1) is 23.5 Å². The molecule has 1 heterocycles. The third kappa shape index (κ3) is 4.55. The smallest absolute Gasteiger partial charge is 0.159 e. The van der Waals surface area contributed by atoms with Gasteiger partial charge in [0.05, 0.1) is 5.69 Å². The number of aromatic nitrogens is 1. The SMILES string of the molecule is CCCCc1ccc(-c2ccc(C#Cc3ccc4cc(F)c(F)cc4c3)cc2)nc1. The monoisotopic (exact) mass is 397 g/mol. The van der Waals surface area contributed by atoms with Gasteiger partial charge in [-0.1, -0.05) is 49.5 Å². The second-order valence-corrected chi connectivity index (χ2v) is 7.31. The van der Waals surface area contributed by atoms with Crippen LogP contribution in [0.2, 0.25) is 0 Å². The maximum absolute atomic E-state index is 13.5. The van der Waals surface area contributed by atoms with E-state index in [1.54, 1.807) is 12.1 Å². The Bertz CT molecular complexity index is 1230. The molecule has 0 saturated heterocycles. The molecule has 0 unspecified atom stereocenters. The molecule has 0 amide bonds. The van der Waals surface area contributed by atoms with E-state index in [1.807, 2.05) is 36.5 Å². The summed E-state index contributed by atoms with van der Waals surface area (Å²) < 4.78 is 26.8. The molecule has 0 bridgehead atoms. The minimum atomic E-state index is -0.852. The fraction of sp³-hybridized carbons (Fsp3) is 0.148. The number of benzene rings is 3. The Labute approximate surface area is 175 Å². The van der Waals surface area contributed by atoms with E-state index in [9.17, 15) is 8.78 Å². The number of nitrogens with zero attached hydrogens (tertiary/aromatic N) is 1. The summed E-state index contributed by atoms with van der Waals surface area (Å²) >= 11 is 0. The van der Waals surface area contributed by atoms with Crippen LogP contribution in [-0.2, 0) is 6.42 Å². The van der Waals surface area contributed by atoms with E-state index in [1.165, 1.54) is 30.5 Å². The summed E-state index contributed by atoms with van der Waals surface area (Å²) in [5.74, 6) is 4.52. The van der Waals surface area contributed by atoms with Crippen molar-refractivity contribution in [2.75, 3.05) is 0 Å². The van der Waals surface area contributed by atoms with Gasteiger partial charge in [-0.3, -0.25) is 4.98 Å². The average Bonchev–Trinajstić information content (AvgIpc) is 2.78. The summed E-state index contributed by atoms with van der Waals surface area (Å²) in [7, 11) is 0. The summed E-state index contributed by atoms with van der Waals surface area (Å²) in [6.45, 7) is 2.19. The quantitative estimate of drug-likeness (QED) is 0.341. The minimum Gasteiger partial charge on any atom is -0.256 e. The van der Waals surface area contributed by atoms with Crippen molar-refractivity contribution in [2.24, 2.45) is 0 Å². The zero-order valence-corrected chi connectivity index (χ0v) is 16.8. The second kappa shape index (κ2) is 8.88. The lowest BCUT2D eigenvalue weighted by atomic mass is 10.1. The summed E-state index contributed by atoms with van der Waals surface area (Å²) in [4.78, 5) is 4.57. The molecule has 0 aliphatic heterocycles. The Hall–Kier alpha value is -3.51. The highest BCUT2D eigenvalue weighted by Crippen LogP contribution is 2.20. The zero-order valence-electron chi connectivity index (χ0n) is 16.8. The van der Waals surface area contributed by atoms with Crippen LogP contribution in [0.3, 0.4) is 0 Å². The Morgan fingerprint density at radius 2 is 1.47 bits per heavy atom. The van der Waals surface area contributed by atoms with Crippen LogP contribution >= 0.6 is 0 Å². The zero-order chi connectivity index (χ0) is 20.9. The topological polar surface area (TPSA) is 12.9 Å². The van der Waals surface area contributed by atoms with Crippen LogP contribution in [0.25, 0.3) is 22.0 Å². The number of aryl methyl sites for hydroxylation is 1. The van der Waals surface area contributed by atoms with Crippen LogP contribution in [0.15, 0.2) is 72.9 Å². The molecule has 0 spiro atoms. The van der Waals surface area contributed by atoms with Gasteiger partial charge >= 0.3 is 0 Å². The lowest BCUT2D eigenvalue weighted by Crippen LogP contribution is -1.89. The Kier molecular flexibility index (Phi) is 5.86. The molecule has 3 heteroatoms. The van der Waals surface area contributed by atoms with Crippen LogP contribution in [0.5, 0.6) is 0 Å². The van der Waals surface area contributed by atoms with E-state index in [0.29, 0.717) is 10.8 Å². The van der Waals surface area contributed by atoms with Crippen LogP contribution in [-0.4, -0.2) is 4.98 Å². The van der Waals surface area contributed by atoms with Gasteiger partial charge in [0.25, 0.3) is 0 Å². The van der Waals surface area contributed by atoms with Crippen LogP contribution in [0.1, 0.15) is 36.5 Å². The molecular formula is C27H21F2N. The van der Waals surface area contributed by atoms with E-state index in [0.717, 1.165) is 28.8 Å². The first-order valence-electron chi connectivity index (χ1n) is 10.1. The van der Waals surface area contributed by atoms with Crippen molar-refractivity contribution in [1.29, 1.82) is 0 Å². The molecule has 30 heavy (non-hydrogen) atoms. The summed E-state index contributed by atoms with van der Waals surface area (Å²) in [5, 5.41) is 1.28. The maximum Gasteiger partial charge on any atom is 0.159 e. The highest BCUT2D eigenvalue weighted by Gasteiger charge is 2.04. The van der Waals surface area contributed by atoms with E-state index >= 15 is 0 Å². The van der Waals surface area contributed by atoms with Crippen molar-refractivity contribution in [3.8, 4) is 23.1 Å². The second-order valence-electron chi connectivity index (χ2n) is 7.31. The number of pyridine rings is 1. The number of rotatable bonds is 4. The molecule has 0 radical (unpaired) electrons. The van der Waals surface area contributed by atoms with E-state index in [2.05, 4.69) is 35.9 Å². The van der Waals surface area contributed by atoms with Crippen molar-refractivity contribution >= 4 is 10.8 Å². The first kappa shape index (κ1) is 19.8. The Balaban J connectivity index is 1.51. The van der Waals surface area contributed by atoms with Crippen molar-refractivity contribution in [3.63, 3.8) is 0 Å². The number of halogens is 2. The molecular weight excluding hydrogens is 376 g/mol. The number of hydrogen-bond donors (Lipinski definition) is 0. The molecule has 0 atom stereocenters. The summed E-state index contributed by atoms with van der Waals surface area (Å²) in [6, 6.07) is 19.9. The van der Waals surface area contributed by atoms with Crippen LogP contribution < -0.4 is 0 Å². The number of unbranched alkanes of at least 4 members (excludes halogenated alkanes) is 1. The predicted molar refractivity (Wildman–Crippen MR) is 118 cm³/mol. The van der Waals surface area contributed by atoms with Gasteiger partial charge in [0.1, 0.15) is 0 Å². The molecule has 0 aliphatic rings. The number of hydrogen-bond acceptors (Lipinski definition) is 1. The van der Waals surface area contributed by atoms with Crippen molar-refractivity contribution in [2.45, 2.75) is 26.2 Å². The van der Waals surface area contributed by atoms with Gasteiger partial charge in [0.15, 0.2) is 11.6 Å². The minimum absolute atomic E-state index is 0.629. The standard InChI is InChI=1S/C27H21F2N/c1-2-3-4-21-10-14-27(30-18-21)22-11-7-19(8-12-22)5-6-20-9-13-23-16-25(28)26(29)17-24(23)15-20/h7-18H,2-4H2,1H3. The van der Waals surface area contributed by atoms with E-state index in [-0.39, 0.29) is 0 Å². The van der Waals surface area contributed by atoms with Crippen LogP contribution in [0.4, 0.5) is 8.78 Å². The molecule has 0 aliphatic carbocycles. The molecule has 4 aromatic rings. The maximum atomic E-state index is 13.5. The lowest BCUT2D eigenvalue weighted by molar-refractivity contribution is 0.511. The third-order valence-electron chi connectivity index (χ3n) is 5.05. The van der Waals surface area contributed by atoms with Gasteiger partial charge < -0.3 is 0 Å². The lowest BCUT2D eigenvalue weighted by Gasteiger charge is -2.03. The molecule has 148 valence electrons. The fourth-order valence-corrected chi connectivity index (χ4v) is 3.31. The average molecular weight is 397 g/mol. The molecule has 3 aromatic carbocycles. The molecule has 4 rings (SSSR count). The van der Waals surface area contributed by atoms with Gasteiger partial charge in [0.2, 0.25) is 0 Å². The Morgan fingerprint density at radius 3 is 2.17 bits per heavy atom. The Morgan fingerprint density at radius 1 is 0.767 bits per heavy atom. The summed E-state index contributed by atoms with van der Waals surface area (Å²) in [6.07, 6.45) is 5.37. The predicted octanol–water partition coefficient (Wildman–Crippen LogP) is 6.92. The normalized spacial score (nSPS) is 10.6. The third-order valence-corrected chi connectivity index (χ3v) is 5.05. The highest BCUT2D eigenvalue weighted by molar-refractivity contribution is 5.84. The van der Waals surface area contributed by atoms with Crippen molar-refractivity contribution in [1.82, 2.24) is 4.98 Å². The van der Waals surface area contributed by atoms with Gasteiger partial charge in [-0.25, -0.2) is 8.78 Å². The molecule has 0 N–H and O–H groups in total. The molecule has 1 aromatic heterocycles. The van der Waals surface area contributed by atoms with Gasteiger partial charge in [-0.2, -0.15) is 0 Å². The fourth-order valence-electron chi connectivity index (χ4n) is 3.31. The highest BCUT2D eigenvalue weighted by atomic mass is 19.2. The first-order chi connectivity index (χ1) is 14.6.